The molecule has 0 unspecified atom stereocenters. The lowest BCUT2D eigenvalue weighted by molar-refractivity contribution is 0.0342. The molecule has 0 aliphatic carbocycles. The molecule has 3 rings (SSSR count). The molecule has 1 N–H and O–H groups in total. The van der Waals surface area contributed by atoms with Gasteiger partial charge in [-0.1, -0.05) is 0 Å². The number of hydrogen-bond donors (Lipinski definition) is 1. The van der Waals surface area contributed by atoms with E-state index < -0.39 is 0 Å². The largest absolute Gasteiger partial charge is 0.497 e. The maximum absolute atomic E-state index is 12.4. The number of carbonyl (C=O) groups is 1. The predicted octanol–water partition coefficient (Wildman–Crippen LogP) is 2.27. The van der Waals surface area contributed by atoms with Crippen molar-refractivity contribution in [1.82, 2.24) is 15.2 Å². The van der Waals surface area contributed by atoms with Crippen molar-refractivity contribution < 1.29 is 14.3 Å². The van der Waals surface area contributed by atoms with Crippen LogP contribution in [0.4, 0.5) is 0 Å². The van der Waals surface area contributed by atoms with Crippen molar-refractivity contribution in [2.75, 3.05) is 40.0 Å². The molecule has 6 nitrogen and oxygen atoms in total. The van der Waals surface area contributed by atoms with Gasteiger partial charge in [-0.15, -0.1) is 11.3 Å². The van der Waals surface area contributed by atoms with Crippen LogP contribution in [-0.2, 0) is 4.74 Å². The van der Waals surface area contributed by atoms with Crippen LogP contribution < -0.4 is 10.1 Å². The van der Waals surface area contributed by atoms with Crippen molar-refractivity contribution in [1.29, 1.82) is 0 Å². The van der Waals surface area contributed by atoms with Gasteiger partial charge in [0.1, 0.15) is 16.5 Å². The average molecular weight is 361 g/mol. The minimum Gasteiger partial charge on any atom is -0.497 e. The average Bonchev–Trinajstić information content (AvgIpc) is 3.13. The van der Waals surface area contributed by atoms with Gasteiger partial charge < -0.3 is 14.8 Å². The van der Waals surface area contributed by atoms with Gasteiger partial charge >= 0.3 is 0 Å². The van der Waals surface area contributed by atoms with Crippen LogP contribution in [0.15, 0.2) is 29.6 Å². The molecular formula is C18H23N3O3S. The molecule has 1 fully saturated rings. The highest BCUT2D eigenvalue weighted by Crippen LogP contribution is 2.25. The standard InChI is InChI=1S/C18H23N3O3S/c1-13(11-21-7-9-24-10-8-21)19-17(22)16-12-25-18(20-16)14-3-5-15(23-2)6-4-14/h3-6,12-13H,7-11H2,1-2H3,(H,19,22)/t13-/m1/s1. The van der Waals surface area contributed by atoms with Crippen LogP contribution in [0.3, 0.4) is 0 Å². The van der Waals surface area contributed by atoms with Gasteiger partial charge in [0.05, 0.1) is 20.3 Å². The molecule has 1 aromatic carbocycles. The number of ether oxygens (including phenoxy) is 2. The lowest BCUT2D eigenvalue weighted by Crippen LogP contribution is -2.46. The van der Waals surface area contributed by atoms with Gasteiger partial charge in [-0.3, -0.25) is 9.69 Å². The minimum absolute atomic E-state index is 0.0664. The highest BCUT2D eigenvalue weighted by atomic mass is 32.1. The zero-order valence-corrected chi connectivity index (χ0v) is 15.3. The van der Waals surface area contributed by atoms with Crippen LogP contribution in [0.1, 0.15) is 17.4 Å². The molecular weight excluding hydrogens is 338 g/mol. The molecule has 2 aromatic rings. The first-order chi connectivity index (χ1) is 12.2. The van der Waals surface area contributed by atoms with E-state index in [-0.39, 0.29) is 11.9 Å². The maximum Gasteiger partial charge on any atom is 0.271 e. The van der Waals surface area contributed by atoms with Crippen molar-refractivity contribution in [3.05, 3.63) is 35.3 Å². The summed E-state index contributed by atoms with van der Waals surface area (Å²) in [6.45, 7) is 6.20. The molecule has 1 amide bonds. The third-order valence-corrected chi connectivity index (χ3v) is 4.98. The van der Waals surface area contributed by atoms with E-state index in [9.17, 15) is 4.79 Å². The Morgan fingerprint density at radius 3 is 2.76 bits per heavy atom. The SMILES string of the molecule is COc1ccc(-c2nc(C(=O)N[C@H](C)CN3CCOCC3)cs2)cc1. The number of morpholine rings is 1. The minimum atomic E-state index is -0.128. The van der Waals surface area contributed by atoms with Crippen molar-refractivity contribution in [2.24, 2.45) is 0 Å². The Morgan fingerprint density at radius 2 is 2.08 bits per heavy atom. The molecule has 0 bridgehead atoms. The molecule has 0 saturated carbocycles. The Labute approximate surface area is 151 Å². The highest BCUT2D eigenvalue weighted by molar-refractivity contribution is 7.13. The summed E-state index contributed by atoms with van der Waals surface area (Å²) in [5, 5.41) is 5.66. The molecule has 0 spiro atoms. The van der Waals surface area contributed by atoms with Gasteiger partial charge in [-0.05, 0) is 31.2 Å². The fourth-order valence-corrected chi connectivity index (χ4v) is 3.56. The highest BCUT2D eigenvalue weighted by Gasteiger charge is 2.17. The number of nitrogens with zero attached hydrogens (tertiary/aromatic N) is 2. The number of hydrogen-bond acceptors (Lipinski definition) is 6. The summed E-state index contributed by atoms with van der Waals surface area (Å²) in [6, 6.07) is 7.74. The Morgan fingerprint density at radius 1 is 1.36 bits per heavy atom. The Hall–Kier alpha value is -1.96. The summed E-state index contributed by atoms with van der Waals surface area (Å²) in [6.07, 6.45) is 0. The summed E-state index contributed by atoms with van der Waals surface area (Å²) < 4.78 is 10.5. The fourth-order valence-electron chi connectivity index (χ4n) is 2.76. The van der Waals surface area contributed by atoms with Crippen LogP contribution in [0.2, 0.25) is 0 Å². The van der Waals surface area contributed by atoms with Gasteiger partial charge in [0.15, 0.2) is 0 Å². The van der Waals surface area contributed by atoms with Crippen molar-refractivity contribution in [2.45, 2.75) is 13.0 Å². The van der Waals surface area contributed by atoms with E-state index in [1.807, 2.05) is 31.2 Å². The van der Waals surface area contributed by atoms with Crippen LogP contribution in [0.25, 0.3) is 10.6 Å². The number of thiazole rings is 1. The molecule has 25 heavy (non-hydrogen) atoms. The van der Waals surface area contributed by atoms with Crippen LogP contribution in [0.5, 0.6) is 5.75 Å². The third kappa shape index (κ3) is 4.78. The van der Waals surface area contributed by atoms with Crippen LogP contribution in [0, 0.1) is 0 Å². The van der Waals surface area contributed by atoms with Crippen LogP contribution >= 0.6 is 11.3 Å². The van der Waals surface area contributed by atoms with E-state index in [2.05, 4.69) is 15.2 Å². The number of methoxy groups -OCH3 is 1. The van der Waals surface area contributed by atoms with E-state index in [1.165, 1.54) is 11.3 Å². The molecule has 0 radical (unpaired) electrons. The number of benzene rings is 1. The first-order valence-corrected chi connectivity index (χ1v) is 9.24. The van der Waals surface area contributed by atoms with E-state index in [0.29, 0.717) is 5.69 Å². The zero-order chi connectivity index (χ0) is 17.6. The van der Waals surface area contributed by atoms with E-state index in [0.717, 1.165) is 49.2 Å². The van der Waals surface area contributed by atoms with Crippen molar-refractivity contribution >= 4 is 17.2 Å². The third-order valence-electron chi connectivity index (χ3n) is 4.09. The Balaban J connectivity index is 1.57. The summed E-state index contributed by atoms with van der Waals surface area (Å²) in [5.41, 5.74) is 1.44. The van der Waals surface area contributed by atoms with Crippen LogP contribution in [-0.4, -0.2) is 61.8 Å². The molecule has 134 valence electrons. The van der Waals surface area contributed by atoms with Gasteiger partial charge in [0.2, 0.25) is 0 Å². The van der Waals surface area contributed by atoms with Gasteiger partial charge in [0.25, 0.3) is 5.91 Å². The molecule has 1 aliphatic heterocycles. The first-order valence-electron chi connectivity index (χ1n) is 8.36. The Kier molecular flexibility index (Phi) is 6.01. The topological polar surface area (TPSA) is 63.7 Å². The van der Waals surface area contributed by atoms with E-state index in [4.69, 9.17) is 9.47 Å². The molecule has 1 saturated heterocycles. The lowest BCUT2D eigenvalue weighted by Gasteiger charge is -2.29. The summed E-state index contributed by atoms with van der Waals surface area (Å²) in [5.74, 6) is 0.673. The van der Waals surface area contributed by atoms with E-state index >= 15 is 0 Å². The monoisotopic (exact) mass is 361 g/mol. The molecule has 1 atom stereocenters. The van der Waals surface area contributed by atoms with Gasteiger partial charge in [-0.25, -0.2) is 4.98 Å². The lowest BCUT2D eigenvalue weighted by atomic mass is 10.2. The maximum atomic E-state index is 12.4. The molecule has 1 aromatic heterocycles. The molecule has 7 heteroatoms. The second-order valence-corrected chi connectivity index (χ2v) is 6.91. The van der Waals surface area contributed by atoms with Gasteiger partial charge in [0, 0.05) is 36.6 Å². The summed E-state index contributed by atoms with van der Waals surface area (Å²) >= 11 is 1.47. The van der Waals surface area contributed by atoms with Crippen molar-refractivity contribution in [3.8, 4) is 16.3 Å². The summed E-state index contributed by atoms with van der Waals surface area (Å²) in [7, 11) is 1.64. The zero-order valence-electron chi connectivity index (χ0n) is 14.5. The number of carbonyl (C=O) groups excluding carboxylic acids is 1. The first kappa shape index (κ1) is 17.8. The quantitative estimate of drug-likeness (QED) is 0.855. The Bertz CT molecular complexity index is 696. The number of amides is 1. The second kappa shape index (κ2) is 8.42. The number of nitrogens with one attached hydrogen (secondary N) is 1. The van der Waals surface area contributed by atoms with E-state index in [1.54, 1.807) is 12.5 Å². The molecule has 2 heterocycles. The number of aromatic nitrogens is 1. The smallest absolute Gasteiger partial charge is 0.271 e. The number of rotatable bonds is 6. The molecule has 1 aliphatic rings. The predicted molar refractivity (Wildman–Crippen MR) is 98.3 cm³/mol. The fraction of sp³-hybridized carbons (Fsp3) is 0.444. The summed E-state index contributed by atoms with van der Waals surface area (Å²) in [4.78, 5) is 19.2. The second-order valence-electron chi connectivity index (χ2n) is 6.05. The van der Waals surface area contributed by atoms with Crippen molar-refractivity contribution in [3.63, 3.8) is 0 Å². The normalized spacial score (nSPS) is 16.4. The van der Waals surface area contributed by atoms with Gasteiger partial charge in [-0.2, -0.15) is 0 Å².